The van der Waals surface area contributed by atoms with Crippen LogP contribution >= 0.6 is 0 Å². The molecule has 0 radical (unpaired) electrons. The molecule has 0 spiro atoms. The monoisotopic (exact) mass is 353 g/mol. The van der Waals surface area contributed by atoms with Crippen LogP contribution in [0.4, 0.5) is 5.69 Å². The minimum Gasteiger partial charge on any atom is -0.457 e. The molecule has 0 aliphatic heterocycles. The molecule has 5 nitrogen and oxygen atoms in total. The molecular weight excluding hydrogens is 330 g/mol. The molecule has 0 bridgehead atoms. The second kappa shape index (κ2) is 9.51. The average Bonchev–Trinajstić information content (AvgIpc) is 2.68. The number of esters is 1. The van der Waals surface area contributed by atoms with Crippen molar-refractivity contribution in [3.8, 4) is 0 Å². The average molecular weight is 353 g/mol. The van der Waals surface area contributed by atoms with E-state index >= 15 is 0 Å². The van der Waals surface area contributed by atoms with Crippen molar-refractivity contribution in [1.29, 1.82) is 0 Å². The SMILES string of the molecule is CCC(=O)Nc1ccc(C(=O)COC(=O)C(CC)c2ccccc2)cc1. The van der Waals surface area contributed by atoms with Crippen LogP contribution in [0, 0.1) is 0 Å². The molecule has 0 fully saturated rings. The first kappa shape index (κ1) is 19.4. The smallest absolute Gasteiger partial charge is 0.313 e. The van der Waals surface area contributed by atoms with Crippen LogP contribution in [-0.4, -0.2) is 24.3 Å². The highest BCUT2D eigenvalue weighted by molar-refractivity contribution is 5.99. The lowest BCUT2D eigenvalue weighted by Crippen LogP contribution is -2.20. The molecule has 0 heterocycles. The Morgan fingerprint density at radius 1 is 0.962 bits per heavy atom. The number of hydrogen-bond donors (Lipinski definition) is 1. The van der Waals surface area contributed by atoms with Gasteiger partial charge in [0.1, 0.15) is 0 Å². The summed E-state index contributed by atoms with van der Waals surface area (Å²) in [6, 6.07) is 15.9. The Hall–Kier alpha value is -2.95. The molecule has 2 aromatic carbocycles. The topological polar surface area (TPSA) is 72.5 Å². The van der Waals surface area contributed by atoms with E-state index in [4.69, 9.17) is 4.74 Å². The summed E-state index contributed by atoms with van der Waals surface area (Å²) < 4.78 is 5.22. The lowest BCUT2D eigenvalue weighted by molar-refractivity contribution is -0.144. The number of nitrogens with one attached hydrogen (secondary N) is 1. The van der Waals surface area contributed by atoms with Gasteiger partial charge < -0.3 is 10.1 Å². The second-order valence-corrected chi connectivity index (χ2v) is 5.88. The first-order chi connectivity index (χ1) is 12.5. The highest BCUT2D eigenvalue weighted by atomic mass is 16.5. The molecule has 2 rings (SSSR count). The third-order valence-electron chi connectivity index (χ3n) is 4.05. The molecule has 5 heteroatoms. The number of anilines is 1. The molecule has 136 valence electrons. The summed E-state index contributed by atoms with van der Waals surface area (Å²) in [6.45, 7) is 3.37. The molecular formula is C21H23NO4. The zero-order chi connectivity index (χ0) is 18.9. The summed E-state index contributed by atoms with van der Waals surface area (Å²) in [6.07, 6.45) is 0.986. The third kappa shape index (κ3) is 5.28. The van der Waals surface area contributed by atoms with E-state index in [9.17, 15) is 14.4 Å². The van der Waals surface area contributed by atoms with Gasteiger partial charge in [-0.1, -0.05) is 44.2 Å². The Bertz CT molecular complexity index is 753. The number of benzene rings is 2. The molecule has 26 heavy (non-hydrogen) atoms. The van der Waals surface area contributed by atoms with Crippen molar-refractivity contribution in [2.75, 3.05) is 11.9 Å². The van der Waals surface area contributed by atoms with E-state index in [2.05, 4.69) is 5.32 Å². The normalized spacial score (nSPS) is 11.5. The summed E-state index contributed by atoms with van der Waals surface area (Å²) >= 11 is 0. The van der Waals surface area contributed by atoms with Crippen molar-refractivity contribution in [2.24, 2.45) is 0 Å². The maximum Gasteiger partial charge on any atom is 0.313 e. The van der Waals surface area contributed by atoms with Crippen LogP contribution in [0.1, 0.15) is 48.5 Å². The minimum absolute atomic E-state index is 0.0930. The molecule has 1 unspecified atom stereocenters. The van der Waals surface area contributed by atoms with Crippen molar-refractivity contribution in [3.05, 3.63) is 65.7 Å². The molecule has 0 aromatic heterocycles. The van der Waals surface area contributed by atoms with Gasteiger partial charge >= 0.3 is 5.97 Å². The lowest BCUT2D eigenvalue weighted by atomic mass is 9.97. The van der Waals surface area contributed by atoms with Gasteiger partial charge in [-0.15, -0.1) is 0 Å². The number of carbonyl (C=O) groups is 3. The van der Waals surface area contributed by atoms with E-state index in [1.54, 1.807) is 31.2 Å². The van der Waals surface area contributed by atoms with Gasteiger partial charge in [-0.3, -0.25) is 14.4 Å². The maximum absolute atomic E-state index is 12.3. The van der Waals surface area contributed by atoms with Gasteiger partial charge in [-0.05, 0) is 36.2 Å². The van der Waals surface area contributed by atoms with Gasteiger partial charge in [-0.25, -0.2) is 0 Å². The maximum atomic E-state index is 12.3. The number of ketones is 1. The number of amides is 1. The zero-order valence-electron chi connectivity index (χ0n) is 15.0. The Balaban J connectivity index is 1.93. The number of hydrogen-bond acceptors (Lipinski definition) is 4. The van der Waals surface area contributed by atoms with Crippen LogP contribution < -0.4 is 5.32 Å². The molecule has 1 atom stereocenters. The largest absolute Gasteiger partial charge is 0.457 e. The van der Waals surface area contributed by atoms with E-state index in [1.165, 1.54) is 0 Å². The van der Waals surface area contributed by atoms with Crippen LogP contribution in [0.15, 0.2) is 54.6 Å². The Morgan fingerprint density at radius 2 is 1.62 bits per heavy atom. The molecule has 0 aliphatic rings. The van der Waals surface area contributed by atoms with Gasteiger partial charge in [0, 0.05) is 17.7 Å². The fourth-order valence-electron chi connectivity index (χ4n) is 2.53. The van der Waals surface area contributed by atoms with Crippen molar-refractivity contribution >= 4 is 23.3 Å². The fourth-order valence-corrected chi connectivity index (χ4v) is 2.53. The van der Waals surface area contributed by atoms with Crippen LogP contribution in [0.5, 0.6) is 0 Å². The predicted molar refractivity (Wildman–Crippen MR) is 100 cm³/mol. The lowest BCUT2D eigenvalue weighted by Gasteiger charge is -2.14. The van der Waals surface area contributed by atoms with E-state index in [0.29, 0.717) is 24.1 Å². The molecule has 0 aliphatic carbocycles. The standard InChI is InChI=1S/C21H23NO4/c1-3-18(15-8-6-5-7-9-15)21(25)26-14-19(23)16-10-12-17(13-11-16)22-20(24)4-2/h5-13,18H,3-4,14H2,1-2H3,(H,22,24). The van der Waals surface area contributed by atoms with Crippen molar-refractivity contribution in [3.63, 3.8) is 0 Å². The van der Waals surface area contributed by atoms with Crippen LogP contribution in [0.2, 0.25) is 0 Å². The van der Waals surface area contributed by atoms with Crippen molar-refractivity contribution in [1.82, 2.24) is 0 Å². The van der Waals surface area contributed by atoms with Gasteiger partial charge in [0.15, 0.2) is 12.4 Å². The van der Waals surface area contributed by atoms with E-state index in [1.807, 2.05) is 37.3 Å². The Kier molecular flexibility index (Phi) is 7.09. The number of ether oxygens (including phenoxy) is 1. The number of rotatable bonds is 8. The summed E-state index contributed by atoms with van der Waals surface area (Å²) in [5.41, 5.74) is 1.93. The second-order valence-electron chi connectivity index (χ2n) is 5.88. The van der Waals surface area contributed by atoms with Gasteiger partial charge in [-0.2, -0.15) is 0 Å². The van der Waals surface area contributed by atoms with E-state index in [-0.39, 0.29) is 24.2 Å². The molecule has 1 N–H and O–H groups in total. The highest BCUT2D eigenvalue weighted by Crippen LogP contribution is 2.21. The fraction of sp³-hybridized carbons (Fsp3) is 0.286. The van der Waals surface area contributed by atoms with Crippen LogP contribution in [0.25, 0.3) is 0 Å². The zero-order valence-corrected chi connectivity index (χ0v) is 15.0. The quantitative estimate of drug-likeness (QED) is 0.576. The Morgan fingerprint density at radius 3 is 2.19 bits per heavy atom. The van der Waals surface area contributed by atoms with Crippen molar-refractivity contribution in [2.45, 2.75) is 32.6 Å². The van der Waals surface area contributed by atoms with Crippen molar-refractivity contribution < 1.29 is 19.1 Å². The van der Waals surface area contributed by atoms with Crippen LogP contribution in [-0.2, 0) is 14.3 Å². The summed E-state index contributed by atoms with van der Waals surface area (Å²) in [7, 11) is 0. The first-order valence-electron chi connectivity index (χ1n) is 8.69. The number of carbonyl (C=O) groups excluding carboxylic acids is 3. The minimum atomic E-state index is -0.404. The first-order valence-corrected chi connectivity index (χ1v) is 8.69. The third-order valence-corrected chi connectivity index (χ3v) is 4.05. The molecule has 0 saturated heterocycles. The Labute approximate surface area is 153 Å². The predicted octanol–water partition coefficient (Wildman–Crippen LogP) is 3.95. The molecule has 2 aromatic rings. The summed E-state index contributed by atoms with van der Waals surface area (Å²) in [5, 5.41) is 2.71. The summed E-state index contributed by atoms with van der Waals surface area (Å²) in [5.74, 6) is -1.16. The van der Waals surface area contributed by atoms with Gasteiger partial charge in [0.25, 0.3) is 0 Å². The van der Waals surface area contributed by atoms with Crippen LogP contribution in [0.3, 0.4) is 0 Å². The molecule has 1 amide bonds. The van der Waals surface area contributed by atoms with E-state index in [0.717, 1.165) is 5.56 Å². The highest BCUT2D eigenvalue weighted by Gasteiger charge is 2.21. The summed E-state index contributed by atoms with van der Waals surface area (Å²) in [4.78, 5) is 35.9. The van der Waals surface area contributed by atoms with Gasteiger partial charge in [0.2, 0.25) is 5.91 Å². The number of Topliss-reactive ketones (excluding diaryl/α,β-unsaturated/α-hetero) is 1. The van der Waals surface area contributed by atoms with Gasteiger partial charge in [0.05, 0.1) is 5.92 Å². The van der Waals surface area contributed by atoms with E-state index < -0.39 is 5.97 Å². The molecule has 0 saturated carbocycles.